The Morgan fingerprint density at radius 1 is 1.17 bits per heavy atom. The maximum absolute atomic E-state index is 12.7. The zero-order valence-corrected chi connectivity index (χ0v) is 18.1. The lowest BCUT2D eigenvalue weighted by atomic mass is 10.0. The van der Waals surface area contributed by atoms with Gasteiger partial charge in [-0.15, -0.1) is 11.8 Å². The fraction of sp³-hybridized carbons (Fsp3) is 0.391. The van der Waals surface area contributed by atoms with Gasteiger partial charge in [0.1, 0.15) is 0 Å². The fourth-order valence-corrected chi connectivity index (χ4v) is 3.99. The third-order valence-corrected chi connectivity index (χ3v) is 6.18. The van der Waals surface area contributed by atoms with Crippen molar-refractivity contribution in [3.05, 3.63) is 60.2 Å². The van der Waals surface area contributed by atoms with Crippen molar-refractivity contribution in [3.8, 4) is 0 Å². The van der Waals surface area contributed by atoms with E-state index in [1.165, 1.54) is 5.56 Å². The van der Waals surface area contributed by atoms with Crippen molar-refractivity contribution in [3.63, 3.8) is 0 Å². The maximum Gasteiger partial charge on any atom is 0.227 e. The van der Waals surface area contributed by atoms with E-state index in [0.717, 1.165) is 17.0 Å². The Morgan fingerprint density at radius 2 is 1.86 bits per heavy atom. The summed E-state index contributed by atoms with van der Waals surface area (Å²) in [5, 5.41) is 3.07. The first-order valence-electron chi connectivity index (χ1n) is 9.90. The molecule has 1 heterocycles. The second-order valence-corrected chi connectivity index (χ2v) is 8.54. The van der Waals surface area contributed by atoms with E-state index in [1.807, 2.05) is 62.8 Å². The van der Waals surface area contributed by atoms with Gasteiger partial charge in [0.15, 0.2) is 0 Å². The molecule has 1 aliphatic heterocycles. The highest BCUT2D eigenvalue weighted by Gasteiger charge is 2.35. The molecule has 2 atom stereocenters. The van der Waals surface area contributed by atoms with E-state index in [1.54, 1.807) is 16.7 Å². The third kappa shape index (κ3) is 5.61. The van der Waals surface area contributed by atoms with Crippen LogP contribution in [0.25, 0.3) is 0 Å². The number of hydrogen-bond acceptors (Lipinski definition) is 4. The number of carbonyl (C=O) groups is 2. The molecule has 2 unspecified atom stereocenters. The number of nitrogens with one attached hydrogen (secondary N) is 1. The molecule has 5 nitrogen and oxygen atoms in total. The Balaban J connectivity index is 1.56. The Hall–Kier alpha value is -2.31. The Kier molecular flexibility index (Phi) is 7.34. The first kappa shape index (κ1) is 21.4. The van der Waals surface area contributed by atoms with Crippen LogP contribution in [-0.2, 0) is 16.0 Å². The number of amides is 2. The lowest BCUT2D eigenvalue weighted by molar-refractivity contribution is -0.126. The molecule has 1 N–H and O–H groups in total. The van der Waals surface area contributed by atoms with Crippen LogP contribution >= 0.6 is 11.8 Å². The molecule has 1 saturated heterocycles. The van der Waals surface area contributed by atoms with Crippen LogP contribution in [-0.4, -0.2) is 56.2 Å². The molecule has 0 radical (unpaired) electrons. The van der Waals surface area contributed by atoms with E-state index >= 15 is 0 Å². The summed E-state index contributed by atoms with van der Waals surface area (Å²) in [6.07, 6.45) is 3.15. The van der Waals surface area contributed by atoms with Crippen molar-refractivity contribution in [1.82, 2.24) is 10.2 Å². The average molecular weight is 412 g/mol. The smallest absolute Gasteiger partial charge is 0.227 e. The highest BCUT2D eigenvalue weighted by Crippen LogP contribution is 2.27. The predicted octanol–water partition coefficient (Wildman–Crippen LogP) is 3.05. The number of hydrogen-bond donors (Lipinski definition) is 1. The van der Waals surface area contributed by atoms with E-state index in [2.05, 4.69) is 22.3 Å². The van der Waals surface area contributed by atoms with E-state index < -0.39 is 0 Å². The molecule has 0 aliphatic carbocycles. The monoisotopic (exact) mass is 411 g/mol. The Morgan fingerprint density at radius 3 is 2.48 bits per heavy atom. The molecule has 1 aliphatic rings. The van der Waals surface area contributed by atoms with Gasteiger partial charge in [-0.05, 0) is 56.6 Å². The van der Waals surface area contributed by atoms with Crippen molar-refractivity contribution in [1.29, 1.82) is 0 Å². The number of rotatable bonds is 8. The number of thioether (sulfide) groups is 1. The van der Waals surface area contributed by atoms with Gasteiger partial charge in [-0.25, -0.2) is 0 Å². The van der Waals surface area contributed by atoms with Gasteiger partial charge in [-0.3, -0.25) is 9.59 Å². The molecular weight excluding hydrogens is 382 g/mol. The normalized spacial score (nSPS) is 17.6. The highest BCUT2D eigenvalue weighted by molar-refractivity contribution is 7.98. The van der Waals surface area contributed by atoms with Gasteiger partial charge in [0.25, 0.3) is 0 Å². The molecule has 29 heavy (non-hydrogen) atoms. The average Bonchev–Trinajstić information content (AvgIpc) is 3.13. The SMILES string of the molecule is CSc1ccc(N2CC(C(=O)NCC(Cc3ccccc3)N(C)C)CC2=O)cc1. The van der Waals surface area contributed by atoms with Crippen molar-refractivity contribution >= 4 is 29.3 Å². The van der Waals surface area contributed by atoms with Gasteiger partial charge in [-0.1, -0.05) is 30.3 Å². The number of likely N-dealkylation sites (N-methyl/N-ethyl adjacent to an activating group) is 1. The molecule has 0 bridgehead atoms. The van der Waals surface area contributed by atoms with Crippen LogP contribution in [0.5, 0.6) is 0 Å². The minimum atomic E-state index is -0.303. The molecule has 3 rings (SSSR count). The van der Waals surface area contributed by atoms with Crippen LogP contribution in [0.2, 0.25) is 0 Å². The molecule has 2 aromatic rings. The van der Waals surface area contributed by atoms with E-state index in [-0.39, 0.29) is 30.2 Å². The number of benzene rings is 2. The Labute approximate surface area is 177 Å². The number of nitrogens with zero attached hydrogens (tertiary/aromatic N) is 2. The molecule has 2 aromatic carbocycles. The van der Waals surface area contributed by atoms with Crippen LogP contribution in [0.3, 0.4) is 0 Å². The first-order chi connectivity index (χ1) is 14.0. The quantitative estimate of drug-likeness (QED) is 0.679. The molecule has 0 saturated carbocycles. The zero-order chi connectivity index (χ0) is 20.8. The van der Waals surface area contributed by atoms with Crippen LogP contribution in [0, 0.1) is 5.92 Å². The van der Waals surface area contributed by atoms with Crippen molar-refractivity contribution < 1.29 is 9.59 Å². The summed E-state index contributed by atoms with van der Waals surface area (Å²) in [6.45, 7) is 1.00. The molecule has 2 amide bonds. The van der Waals surface area contributed by atoms with Crippen LogP contribution in [0.15, 0.2) is 59.5 Å². The molecule has 1 fully saturated rings. The van der Waals surface area contributed by atoms with Gasteiger partial charge in [0.2, 0.25) is 11.8 Å². The Bertz CT molecular complexity index is 824. The second kappa shape index (κ2) is 9.94. The van der Waals surface area contributed by atoms with Crippen LogP contribution in [0.4, 0.5) is 5.69 Å². The molecule has 0 spiro atoms. The van der Waals surface area contributed by atoms with Crippen molar-refractivity contribution in [2.75, 3.05) is 38.3 Å². The van der Waals surface area contributed by atoms with Gasteiger partial charge < -0.3 is 15.1 Å². The first-order valence-corrected chi connectivity index (χ1v) is 11.1. The summed E-state index contributed by atoms with van der Waals surface area (Å²) in [7, 11) is 4.05. The standard InChI is InChI=1S/C23H29N3O2S/c1-25(2)20(13-17-7-5-4-6-8-17)15-24-23(28)18-14-22(27)26(16-18)19-9-11-21(29-3)12-10-19/h4-12,18,20H,13-16H2,1-3H3,(H,24,28). The van der Waals surface area contributed by atoms with Crippen molar-refractivity contribution in [2.45, 2.75) is 23.8 Å². The minimum Gasteiger partial charge on any atom is -0.354 e. The minimum absolute atomic E-state index is 0.00972. The molecular formula is C23H29N3O2S. The maximum atomic E-state index is 12.7. The van der Waals surface area contributed by atoms with E-state index in [0.29, 0.717) is 13.1 Å². The predicted molar refractivity (Wildman–Crippen MR) is 119 cm³/mol. The van der Waals surface area contributed by atoms with Gasteiger partial charge in [0, 0.05) is 36.1 Å². The second-order valence-electron chi connectivity index (χ2n) is 7.66. The largest absolute Gasteiger partial charge is 0.354 e. The van der Waals surface area contributed by atoms with Gasteiger partial charge >= 0.3 is 0 Å². The van der Waals surface area contributed by atoms with E-state index in [4.69, 9.17) is 0 Å². The summed E-state index contributed by atoms with van der Waals surface area (Å²) < 4.78 is 0. The van der Waals surface area contributed by atoms with Crippen molar-refractivity contribution in [2.24, 2.45) is 5.92 Å². The molecule has 6 heteroatoms. The molecule has 154 valence electrons. The van der Waals surface area contributed by atoms with Crippen LogP contribution < -0.4 is 10.2 Å². The lowest BCUT2D eigenvalue weighted by Crippen LogP contribution is -2.43. The zero-order valence-electron chi connectivity index (χ0n) is 17.3. The molecule has 0 aromatic heterocycles. The fourth-order valence-electron chi connectivity index (χ4n) is 3.58. The summed E-state index contributed by atoms with van der Waals surface area (Å²) in [5.74, 6) is -0.334. The van der Waals surface area contributed by atoms with Gasteiger partial charge in [-0.2, -0.15) is 0 Å². The lowest BCUT2D eigenvalue weighted by Gasteiger charge is -2.25. The van der Waals surface area contributed by atoms with Gasteiger partial charge in [0.05, 0.1) is 5.92 Å². The summed E-state index contributed by atoms with van der Waals surface area (Å²) in [6, 6.07) is 18.4. The highest BCUT2D eigenvalue weighted by atomic mass is 32.2. The third-order valence-electron chi connectivity index (χ3n) is 5.44. The topological polar surface area (TPSA) is 52.7 Å². The number of carbonyl (C=O) groups excluding carboxylic acids is 2. The number of anilines is 1. The van der Waals surface area contributed by atoms with E-state index in [9.17, 15) is 9.59 Å². The summed E-state index contributed by atoms with van der Waals surface area (Å²) >= 11 is 1.67. The summed E-state index contributed by atoms with van der Waals surface area (Å²) in [4.78, 5) is 30.2. The summed E-state index contributed by atoms with van der Waals surface area (Å²) in [5.41, 5.74) is 2.11. The van der Waals surface area contributed by atoms with Crippen LogP contribution in [0.1, 0.15) is 12.0 Å².